The number of benzene rings is 2. The quantitative estimate of drug-likeness (QED) is 0.870. The van der Waals surface area contributed by atoms with Crippen molar-refractivity contribution in [2.75, 3.05) is 17.6 Å². The predicted molar refractivity (Wildman–Crippen MR) is 101 cm³/mol. The van der Waals surface area contributed by atoms with Gasteiger partial charge in [0.05, 0.1) is 5.75 Å². The van der Waals surface area contributed by atoms with Crippen LogP contribution in [0.2, 0.25) is 0 Å². The van der Waals surface area contributed by atoms with Gasteiger partial charge in [0, 0.05) is 18.8 Å². The van der Waals surface area contributed by atoms with Gasteiger partial charge in [-0.1, -0.05) is 31.2 Å². The van der Waals surface area contributed by atoms with Gasteiger partial charge in [0.15, 0.2) is 0 Å². The highest BCUT2D eigenvalue weighted by atomic mass is 32.2. The maximum Gasteiger partial charge on any atom is 0.417 e. The van der Waals surface area contributed by atoms with Crippen molar-refractivity contribution >= 4 is 21.8 Å². The second-order valence-electron chi connectivity index (χ2n) is 6.21. The number of hydrogen-bond acceptors (Lipinski definition) is 4. The molecule has 0 unspecified atom stereocenters. The molecular weight excluding hydrogens is 352 g/mol. The van der Waals surface area contributed by atoms with Gasteiger partial charge in [-0.05, 0) is 48.2 Å². The third-order valence-corrected chi connectivity index (χ3v) is 6.26. The van der Waals surface area contributed by atoms with Gasteiger partial charge in [0.2, 0.25) is 10.0 Å². The van der Waals surface area contributed by atoms with E-state index in [0.29, 0.717) is 37.4 Å². The molecule has 1 aliphatic rings. The van der Waals surface area contributed by atoms with Crippen LogP contribution < -0.4 is 10.1 Å². The first-order chi connectivity index (χ1) is 12.5. The van der Waals surface area contributed by atoms with E-state index < -0.39 is 16.1 Å². The maximum absolute atomic E-state index is 12.3. The lowest BCUT2D eigenvalue weighted by Crippen LogP contribution is -2.37. The van der Waals surface area contributed by atoms with Crippen LogP contribution in [-0.4, -0.2) is 31.1 Å². The molecule has 0 bridgehead atoms. The molecule has 0 aromatic heterocycles. The van der Waals surface area contributed by atoms with E-state index in [0.717, 1.165) is 11.1 Å². The lowest BCUT2D eigenvalue weighted by molar-refractivity contribution is 0.215. The molecule has 0 saturated heterocycles. The first-order valence-corrected chi connectivity index (χ1v) is 10.2. The highest BCUT2D eigenvalue weighted by Gasteiger charge is 2.26. The minimum Gasteiger partial charge on any atom is -0.410 e. The predicted octanol–water partition coefficient (Wildman–Crippen LogP) is 3.40. The number of anilines is 1. The molecule has 1 aliphatic heterocycles. The third-order valence-electron chi connectivity index (χ3n) is 4.24. The topological polar surface area (TPSA) is 75.7 Å². The summed E-state index contributed by atoms with van der Waals surface area (Å²) < 4.78 is 31.3. The van der Waals surface area contributed by atoms with Crippen molar-refractivity contribution in [3.05, 3.63) is 59.7 Å². The number of nitrogens with zero attached hydrogens (tertiary/aromatic N) is 1. The summed E-state index contributed by atoms with van der Waals surface area (Å²) in [7, 11) is -3.23. The third kappa shape index (κ3) is 4.42. The largest absolute Gasteiger partial charge is 0.417 e. The molecule has 6 nitrogen and oxygen atoms in total. The van der Waals surface area contributed by atoms with E-state index in [-0.39, 0.29) is 5.75 Å². The van der Waals surface area contributed by atoms with Gasteiger partial charge in [-0.15, -0.1) is 0 Å². The minimum absolute atomic E-state index is 0.156. The monoisotopic (exact) mass is 374 g/mol. The molecule has 0 spiro atoms. The fourth-order valence-corrected chi connectivity index (χ4v) is 4.45. The van der Waals surface area contributed by atoms with E-state index >= 15 is 0 Å². The standard InChI is InChI=1S/C19H22N2O4S/c1-2-12-26(23,24)21-11-10-15-8-9-17(13-16(15)14-21)20-19(22)25-18-6-4-3-5-7-18/h3-9,13H,2,10-12,14H2,1H3,(H,20,22). The summed E-state index contributed by atoms with van der Waals surface area (Å²) in [4.78, 5) is 12.0. The highest BCUT2D eigenvalue weighted by Crippen LogP contribution is 2.25. The lowest BCUT2D eigenvalue weighted by Gasteiger charge is -2.28. The van der Waals surface area contributed by atoms with Crippen LogP contribution >= 0.6 is 0 Å². The molecule has 0 radical (unpaired) electrons. The Balaban J connectivity index is 1.70. The van der Waals surface area contributed by atoms with Crippen LogP contribution in [0.1, 0.15) is 24.5 Å². The van der Waals surface area contributed by atoms with E-state index in [1.807, 2.05) is 25.1 Å². The Morgan fingerprint density at radius 1 is 1.15 bits per heavy atom. The molecule has 1 N–H and O–H groups in total. The van der Waals surface area contributed by atoms with Crippen molar-refractivity contribution in [2.24, 2.45) is 0 Å². The molecule has 0 saturated carbocycles. The maximum atomic E-state index is 12.3. The molecule has 0 fully saturated rings. The van der Waals surface area contributed by atoms with Crippen LogP contribution in [0.3, 0.4) is 0 Å². The Morgan fingerprint density at radius 3 is 2.65 bits per heavy atom. The van der Waals surface area contributed by atoms with Crippen molar-refractivity contribution in [3.63, 3.8) is 0 Å². The number of fused-ring (bicyclic) bond motifs is 1. The number of carbonyl (C=O) groups is 1. The van der Waals surface area contributed by atoms with Gasteiger partial charge in [-0.3, -0.25) is 5.32 Å². The van der Waals surface area contributed by atoms with Gasteiger partial charge in [0.25, 0.3) is 0 Å². The van der Waals surface area contributed by atoms with E-state index in [1.165, 1.54) is 4.31 Å². The first kappa shape index (κ1) is 18.4. The molecule has 0 aliphatic carbocycles. The number of hydrogen-bond donors (Lipinski definition) is 1. The molecule has 1 amide bonds. The van der Waals surface area contributed by atoms with Crippen molar-refractivity contribution < 1.29 is 17.9 Å². The Bertz CT molecular complexity index is 882. The number of ether oxygens (including phenoxy) is 1. The first-order valence-electron chi connectivity index (χ1n) is 8.61. The zero-order valence-electron chi connectivity index (χ0n) is 14.6. The van der Waals surface area contributed by atoms with Crippen LogP contribution in [0.25, 0.3) is 0 Å². The number of sulfonamides is 1. The molecule has 26 heavy (non-hydrogen) atoms. The van der Waals surface area contributed by atoms with Crippen LogP contribution in [0.15, 0.2) is 48.5 Å². The minimum atomic E-state index is -3.23. The number of rotatable bonds is 5. The summed E-state index contributed by atoms with van der Waals surface area (Å²) in [5.74, 6) is 0.615. The molecule has 138 valence electrons. The van der Waals surface area contributed by atoms with E-state index in [9.17, 15) is 13.2 Å². The highest BCUT2D eigenvalue weighted by molar-refractivity contribution is 7.89. The van der Waals surface area contributed by atoms with Gasteiger partial charge in [-0.25, -0.2) is 13.2 Å². The zero-order valence-corrected chi connectivity index (χ0v) is 15.5. The molecule has 1 heterocycles. The summed E-state index contributed by atoms with van der Waals surface area (Å²) in [5, 5.41) is 2.69. The molecule has 2 aromatic rings. The molecule has 0 atom stereocenters. The fourth-order valence-electron chi connectivity index (χ4n) is 2.97. The van der Waals surface area contributed by atoms with E-state index in [1.54, 1.807) is 30.3 Å². The molecule has 7 heteroatoms. The number of carbonyl (C=O) groups excluding carboxylic acids is 1. The number of amides is 1. The Hall–Kier alpha value is -2.38. The van der Waals surface area contributed by atoms with Crippen molar-refractivity contribution in [1.82, 2.24) is 4.31 Å². The molecular formula is C19H22N2O4S. The number of para-hydroxylation sites is 1. The SMILES string of the molecule is CCCS(=O)(=O)N1CCc2ccc(NC(=O)Oc3ccccc3)cc2C1. The van der Waals surface area contributed by atoms with Gasteiger partial charge in [0.1, 0.15) is 5.75 Å². The smallest absolute Gasteiger partial charge is 0.410 e. The Labute approximate surface area is 153 Å². The van der Waals surface area contributed by atoms with Gasteiger partial charge < -0.3 is 4.74 Å². The van der Waals surface area contributed by atoms with Crippen molar-refractivity contribution in [3.8, 4) is 5.75 Å². The van der Waals surface area contributed by atoms with E-state index in [4.69, 9.17) is 4.74 Å². The second-order valence-corrected chi connectivity index (χ2v) is 8.30. The summed E-state index contributed by atoms with van der Waals surface area (Å²) in [6, 6.07) is 14.4. The average molecular weight is 374 g/mol. The summed E-state index contributed by atoms with van der Waals surface area (Å²) in [6.45, 7) is 2.69. The van der Waals surface area contributed by atoms with Crippen molar-refractivity contribution in [1.29, 1.82) is 0 Å². The van der Waals surface area contributed by atoms with Crippen LogP contribution in [0, 0.1) is 0 Å². The van der Waals surface area contributed by atoms with Gasteiger partial charge in [-0.2, -0.15) is 4.31 Å². The zero-order chi connectivity index (χ0) is 18.6. The summed E-state index contributed by atoms with van der Waals surface area (Å²) in [6.07, 6.45) is 0.688. The normalized spacial score (nSPS) is 14.5. The summed E-state index contributed by atoms with van der Waals surface area (Å²) in [5.41, 5.74) is 2.60. The molecule has 3 rings (SSSR count). The fraction of sp³-hybridized carbons (Fsp3) is 0.316. The second kappa shape index (κ2) is 7.88. The lowest BCUT2D eigenvalue weighted by atomic mass is 10.0. The van der Waals surface area contributed by atoms with Crippen molar-refractivity contribution in [2.45, 2.75) is 26.3 Å². The van der Waals surface area contributed by atoms with Crippen LogP contribution in [0.4, 0.5) is 10.5 Å². The Kier molecular flexibility index (Phi) is 5.58. The average Bonchev–Trinajstić information content (AvgIpc) is 2.62. The Morgan fingerprint density at radius 2 is 1.92 bits per heavy atom. The van der Waals surface area contributed by atoms with E-state index in [2.05, 4.69) is 5.32 Å². The summed E-state index contributed by atoms with van der Waals surface area (Å²) >= 11 is 0. The van der Waals surface area contributed by atoms with Crippen LogP contribution in [-0.2, 0) is 23.0 Å². The number of nitrogens with one attached hydrogen (secondary N) is 1. The molecule has 2 aromatic carbocycles. The van der Waals surface area contributed by atoms with Crippen LogP contribution in [0.5, 0.6) is 5.75 Å². The van der Waals surface area contributed by atoms with Gasteiger partial charge >= 0.3 is 6.09 Å².